The van der Waals surface area contributed by atoms with Crippen LogP contribution < -0.4 is 0 Å². The molecule has 0 saturated heterocycles. The summed E-state index contributed by atoms with van der Waals surface area (Å²) in [6, 6.07) is 1.95. The van der Waals surface area contributed by atoms with E-state index in [0.29, 0.717) is 16.2 Å². The van der Waals surface area contributed by atoms with Crippen LogP contribution in [0.25, 0.3) is 11.0 Å². The molecule has 0 aliphatic rings. The average Bonchev–Trinajstić information content (AvgIpc) is 2.64. The van der Waals surface area contributed by atoms with Crippen molar-refractivity contribution in [2.75, 3.05) is 0 Å². The maximum absolute atomic E-state index is 8.35. The first-order chi connectivity index (χ1) is 7.33. The third-order valence-corrected chi connectivity index (χ3v) is 2.09. The Balaban J connectivity index is 2.52. The molecule has 2 aromatic heterocycles. The molecule has 0 fully saturated rings. The zero-order chi connectivity index (χ0) is 10.7. The van der Waals surface area contributed by atoms with Crippen molar-refractivity contribution >= 4 is 22.6 Å². The molecule has 2 heterocycles. The van der Waals surface area contributed by atoms with E-state index in [1.165, 1.54) is 6.33 Å². The summed E-state index contributed by atoms with van der Waals surface area (Å²) >= 11 is 5.85. The molecule has 0 atom stereocenters. The van der Waals surface area contributed by atoms with Crippen molar-refractivity contribution < 1.29 is 0 Å². The first-order valence-electron chi connectivity index (χ1n) is 4.16. The Kier molecular flexibility index (Phi) is 2.53. The Morgan fingerprint density at radius 2 is 2.33 bits per heavy atom. The van der Waals surface area contributed by atoms with Gasteiger partial charge in [-0.05, 0) is 0 Å². The summed E-state index contributed by atoms with van der Waals surface area (Å²) in [6.07, 6.45) is 3.29. The van der Waals surface area contributed by atoms with Crippen LogP contribution in [0.5, 0.6) is 0 Å². The van der Waals surface area contributed by atoms with Gasteiger partial charge >= 0.3 is 0 Å². The third-order valence-electron chi connectivity index (χ3n) is 1.81. The molecule has 0 radical (unpaired) electrons. The molecule has 0 aromatic carbocycles. The minimum Gasteiger partial charge on any atom is -0.356 e. The summed E-state index contributed by atoms with van der Waals surface area (Å²) < 4.78 is 0. The molecule has 1 N–H and O–H groups in total. The Morgan fingerprint density at radius 1 is 1.47 bits per heavy atom. The maximum Gasteiger partial charge on any atom is 0.156 e. The molecule has 4 nitrogen and oxygen atoms in total. The number of nitrogens with zero attached hydrogens (tertiary/aromatic N) is 3. The number of nitriles is 1. The van der Waals surface area contributed by atoms with Crippen LogP contribution in [0.1, 0.15) is 12.0 Å². The van der Waals surface area contributed by atoms with Crippen molar-refractivity contribution in [2.45, 2.75) is 6.42 Å². The quantitative estimate of drug-likeness (QED) is 0.540. The molecule has 5 heteroatoms. The Morgan fingerprint density at radius 3 is 3.13 bits per heavy atom. The van der Waals surface area contributed by atoms with Crippen molar-refractivity contribution in [1.29, 1.82) is 5.26 Å². The Bertz CT molecular complexity index is 597. The average molecular weight is 217 g/mol. The van der Waals surface area contributed by atoms with Crippen molar-refractivity contribution in [3.63, 3.8) is 0 Å². The molecular formula is C10H5ClN4. The van der Waals surface area contributed by atoms with E-state index in [1.807, 2.05) is 6.07 Å². The number of aromatic nitrogens is 3. The molecule has 2 rings (SSSR count). The van der Waals surface area contributed by atoms with Gasteiger partial charge in [0.15, 0.2) is 5.15 Å². The molecule has 0 spiro atoms. The summed E-state index contributed by atoms with van der Waals surface area (Å²) in [5, 5.41) is 8.71. The van der Waals surface area contributed by atoms with Gasteiger partial charge in [-0.2, -0.15) is 5.26 Å². The van der Waals surface area contributed by atoms with Crippen molar-refractivity contribution in [3.8, 4) is 17.9 Å². The molecule has 0 aliphatic heterocycles. The number of nitrogens with one attached hydrogen (secondary N) is 1. The van der Waals surface area contributed by atoms with E-state index in [1.54, 1.807) is 6.20 Å². The number of hydrogen-bond donors (Lipinski definition) is 1. The molecule has 0 bridgehead atoms. The Labute approximate surface area is 90.9 Å². The molecule has 0 aliphatic carbocycles. The zero-order valence-corrected chi connectivity index (χ0v) is 8.34. The third kappa shape index (κ3) is 1.76. The first kappa shape index (κ1) is 9.51. The standard InChI is InChI=1S/C10H5ClN4/c11-10-9-8(14-6-15-10)7(5-13-9)3-1-2-4-12/h5-6,13H,2H2. The summed E-state index contributed by atoms with van der Waals surface area (Å²) in [7, 11) is 0. The molecule has 0 unspecified atom stereocenters. The number of hydrogen-bond acceptors (Lipinski definition) is 3. The highest BCUT2D eigenvalue weighted by Crippen LogP contribution is 2.20. The van der Waals surface area contributed by atoms with E-state index in [4.69, 9.17) is 16.9 Å². The van der Waals surface area contributed by atoms with E-state index >= 15 is 0 Å². The fourth-order valence-electron chi connectivity index (χ4n) is 1.18. The van der Waals surface area contributed by atoms with Crippen LogP contribution in [0.3, 0.4) is 0 Å². The van der Waals surface area contributed by atoms with Gasteiger partial charge in [0.1, 0.15) is 17.4 Å². The lowest BCUT2D eigenvalue weighted by Crippen LogP contribution is -1.81. The summed E-state index contributed by atoms with van der Waals surface area (Å²) in [6.45, 7) is 0. The number of aromatic amines is 1. The van der Waals surface area contributed by atoms with Gasteiger partial charge in [0.25, 0.3) is 0 Å². The predicted molar refractivity (Wildman–Crippen MR) is 56.0 cm³/mol. The number of H-pyrrole nitrogens is 1. The van der Waals surface area contributed by atoms with E-state index in [-0.39, 0.29) is 6.42 Å². The molecular weight excluding hydrogens is 212 g/mol. The SMILES string of the molecule is N#CCC#Cc1c[nH]c2c(Cl)ncnc12. The van der Waals surface area contributed by atoms with Crippen molar-refractivity contribution in [2.24, 2.45) is 0 Å². The normalized spacial score (nSPS) is 9.33. The van der Waals surface area contributed by atoms with E-state index < -0.39 is 0 Å². The second-order valence-corrected chi connectivity index (χ2v) is 3.09. The number of halogens is 1. The van der Waals surface area contributed by atoms with Gasteiger partial charge < -0.3 is 4.98 Å². The van der Waals surface area contributed by atoms with Gasteiger partial charge in [0.05, 0.1) is 18.1 Å². The maximum atomic E-state index is 8.35. The highest BCUT2D eigenvalue weighted by molar-refractivity contribution is 6.33. The van der Waals surface area contributed by atoms with Crippen LogP contribution in [-0.2, 0) is 0 Å². The number of fused-ring (bicyclic) bond motifs is 1. The molecule has 2 aromatic rings. The molecule has 15 heavy (non-hydrogen) atoms. The van der Waals surface area contributed by atoms with Crippen molar-refractivity contribution in [1.82, 2.24) is 15.0 Å². The second-order valence-electron chi connectivity index (χ2n) is 2.73. The molecule has 0 saturated carbocycles. The second kappa shape index (κ2) is 4.00. The van der Waals surface area contributed by atoms with E-state index in [0.717, 1.165) is 5.56 Å². The molecule has 0 amide bonds. The van der Waals surface area contributed by atoms with Crippen LogP contribution >= 0.6 is 11.6 Å². The van der Waals surface area contributed by atoms with Crippen LogP contribution in [0.4, 0.5) is 0 Å². The monoisotopic (exact) mass is 216 g/mol. The van der Waals surface area contributed by atoms with Gasteiger partial charge in [-0.15, -0.1) is 0 Å². The topological polar surface area (TPSA) is 65.4 Å². The van der Waals surface area contributed by atoms with Gasteiger partial charge in [0.2, 0.25) is 0 Å². The highest BCUT2D eigenvalue weighted by Gasteiger charge is 2.05. The lowest BCUT2D eigenvalue weighted by atomic mass is 10.3. The lowest BCUT2D eigenvalue weighted by Gasteiger charge is -1.90. The fraction of sp³-hybridized carbons (Fsp3) is 0.100. The fourth-order valence-corrected chi connectivity index (χ4v) is 1.37. The zero-order valence-electron chi connectivity index (χ0n) is 7.58. The van der Waals surface area contributed by atoms with E-state index in [2.05, 4.69) is 26.8 Å². The summed E-state index contributed by atoms with van der Waals surface area (Å²) in [5.74, 6) is 5.56. The van der Waals surface area contributed by atoms with Crippen LogP contribution in [-0.4, -0.2) is 15.0 Å². The summed E-state index contributed by atoms with van der Waals surface area (Å²) in [5.41, 5.74) is 2.07. The van der Waals surface area contributed by atoms with Crippen LogP contribution in [0.15, 0.2) is 12.5 Å². The van der Waals surface area contributed by atoms with Gasteiger partial charge in [0, 0.05) is 6.20 Å². The van der Waals surface area contributed by atoms with Gasteiger partial charge in [-0.3, -0.25) is 0 Å². The summed E-state index contributed by atoms with van der Waals surface area (Å²) in [4.78, 5) is 10.8. The number of rotatable bonds is 0. The predicted octanol–water partition coefficient (Wildman–Crippen LogP) is 1.88. The van der Waals surface area contributed by atoms with Gasteiger partial charge in [-0.1, -0.05) is 23.4 Å². The highest BCUT2D eigenvalue weighted by atomic mass is 35.5. The largest absolute Gasteiger partial charge is 0.356 e. The Hall–Kier alpha value is -2.04. The van der Waals surface area contributed by atoms with Crippen LogP contribution in [0, 0.1) is 23.2 Å². The minimum absolute atomic E-state index is 0.200. The lowest BCUT2D eigenvalue weighted by molar-refractivity contribution is 1.22. The smallest absolute Gasteiger partial charge is 0.156 e. The van der Waals surface area contributed by atoms with Crippen molar-refractivity contribution in [3.05, 3.63) is 23.2 Å². The molecule has 72 valence electrons. The van der Waals surface area contributed by atoms with Crippen LogP contribution in [0.2, 0.25) is 5.15 Å². The van der Waals surface area contributed by atoms with Gasteiger partial charge in [-0.25, -0.2) is 9.97 Å². The van der Waals surface area contributed by atoms with E-state index in [9.17, 15) is 0 Å². The first-order valence-corrected chi connectivity index (χ1v) is 4.54. The minimum atomic E-state index is 0.200.